The highest BCUT2D eigenvalue weighted by Crippen LogP contribution is 2.61. The normalized spacial score (nSPS) is 20.4. The number of hydrogen-bond acceptors (Lipinski definition) is 1. The second kappa shape index (κ2) is 12.3. The number of nitrogens with zero attached hydrogens (tertiary/aromatic N) is 1. The topological polar surface area (TPSA) is 3.24 Å². The predicted octanol–water partition coefficient (Wildman–Crippen LogP) is 13.8. The summed E-state index contributed by atoms with van der Waals surface area (Å²) in [6.07, 6.45) is 7.78. The molecule has 0 aromatic heterocycles. The molecule has 51 heavy (non-hydrogen) atoms. The average molecular weight is 662 g/mol. The van der Waals surface area contributed by atoms with Gasteiger partial charge in [-0.15, -0.1) is 0 Å². The van der Waals surface area contributed by atoms with Crippen LogP contribution >= 0.6 is 0 Å². The van der Waals surface area contributed by atoms with Crippen molar-refractivity contribution in [1.82, 2.24) is 0 Å². The zero-order valence-electron chi connectivity index (χ0n) is 30.4. The van der Waals surface area contributed by atoms with E-state index in [4.69, 9.17) is 0 Å². The van der Waals surface area contributed by atoms with Crippen LogP contribution in [-0.2, 0) is 10.8 Å². The summed E-state index contributed by atoms with van der Waals surface area (Å²) in [5.41, 5.74) is 17.4. The SMILES string of the molecule is CC1C=C2CC(CCC23c2ccccc2-c2cc(-c4ccc(N(c5ccc(C(C)(C)C)cc5)c5ccccc5-c5ccccc5)cc4)ccc23)C1. The first-order valence-electron chi connectivity index (χ1n) is 18.9. The second-order valence-corrected chi connectivity index (χ2v) is 16.3. The van der Waals surface area contributed by atoms with E-state index in [0.717, 1.165) is 17.3 Å². The molecule has 0 aliphatic heterocycles. The molecule has 3 unspecified atom stereocenters. The van der Waals surface area contributed by atoms with E-state index in [1.54, 1.807) is 5.57 Å². The van der Waals surface area contributed by atoms with E-state index in [9.17, 15) is 0 Å². The quantitative estimate of drug-likeness (QED) is 0.166. The third kappa shape index (κ3) is 5.37. The Hall–Kier alpha value is -5.14. The molecule has 1 fully saturated rings. The summed E-state index contributed by atoms with van der Waals surface area (Å²) in [6.45, 7) is 9.25. The van der Waals surface area contributed by atoms with E-state index in [-0.39, 0.29) is 10.8 Å². The van der Waals surface area contributed by atoms with Crippen molar-refractivity contribution in [2.75, 3.05) is 4.90 Å². The second-order valence-electron chi connectivity index (χ2n) is 16.3. The number of rotatable bonds is 5. The average Bonchev–Trinajstić information content (AvgIpc) is 3.43. The van der Waals surface area contributed by atoms with E-state index in [1.807, 2.05) is 0 Å². The molecular weight excluding hydrogens is 615 g/mol. The summed E-state index contributed by atoms with van der Waals surface area (Å²) in [4.78, 5) is 2.41. The fourth-order valence-corrected chi connectivity index (χ4v) is 9.56. The lowest BCUT2D eigenvalue weighted by atomic mass is 9.58. The molecule has 0 heterocycles. The smallest absolute Gasteiger partial charge is 0.0540 e. The van der Waals surface area contributed by atoms with E-state index in [1.165, 1.54) is 81.4 Å². The van der Waals surface area contributed by atoms with E-state index in [0.29, 0.717) is 5.92 Å². The summed E-state index contributed by atoms with van der Waals surface area (Å²) in [5, 5.41) is 0. The molecule has 6 aromatic rings. The molecule has 1 nitrogen and oxygen atoms in total. The summed E-state index contributed by atoms with van der Waals surface area (Å²) < 4.78 is 0. The molecule has 0 saturated heterocycles. The Morgan fingerprint density at radius 3 is 1.96 bits per heavy atom. The van der Waals surface area contributed by atoms with Crippen molar-refractivity contribution in [1.29, 1.82) is 0 Å². The minimum absolute atomic E-state index is 0.0364. The van der Waals surface area contributed by atoms with Crippen LogP contribution in [0.15, 0.2) is 157 Å². The molecule has 3 aliphatic rings. The van der Waals surface area contributed by atoms with Gasteiger partial charge in [-0.1, -0.05) is 149 Å². The van der Waals surface area contributed by atoms with Gasteiger partial charge in [-0.3, -0.25) is 0 Å². The third-order valence-corrected chi connectivity index (χ3v) is 12.0. The Morgan fingerprint density at radius 1 is 0.588 bits per heavy atom. The number of para-hydroxylation sites is 1. The van der Waals surface area contributed by atoms with Crippen molar-refractivity contribution in [2.24, 2.45) is 11.8 Å². The highest BCUT2D eigenvalue weighted by atomic mass is 15.1. The van der Waals surface area contributed by atoms with Gasteiger partial charge in [0.25, 0.3) is 0 Å². The molecule has 0 radical (unpaired) electrons. The van der Waals surface area contributed by atoms with Gasteiger partial charge in [-0.25, -0.2) is 0 Å². The molecule has 3 aliphatic carbocycles. The zero-order chi connectivity index (χ0) is 34.7. The van der Waals surface area contributed by atoms with Gasteiger partial charge in [-0.2, -0.15) is 0 Å². The van der Waals surface area contributed by atoms with Crippen LogP contribution in [0.5, 0.6) is 0 Å². The Kier molecular flexibility index (Phi) is 7.65. The lowest BCUT2D eigenvalue weighted by Gasteiger charge is -2.45. The van der Waals surface area contributed by atoms with Crippen LogP contribution in [0.3, 0.4) is 0 Å². The molecule has 0 N–H and O–H groups in total. The zero-order valence-corrected chi connectivity index (χ0v) is 30.4. The van der Waals surface area contributed by atoms with E-state index in [2.05, 4.69) is 184 Å². The van der Waals surface area contributed by atoms with Crippen LogP contribution in [0.1, 0.15) is 70.1 Å². The van der Waals surface area contributed by atoms with Crippen molar-refractivity contribution in [2.45, 2.75) is 64.2 Å². The van der Waals surface area contributed by atoms with Crippen molar-refractivity contribution in [3.8, 4) is 33.4 Å². The lowest BCUT2D eigenvalue weighted by molar-refractivity contribution is 0.284. The number of allylic oxidation sites excluding steroid dienone is 2. The van der Waals surface area contributed by atoms with Gasteiger partial charge < -0.3 is 4.90 Å². The maximum atomic E-state index is 2.63. The standard InChI is InChI=1S/C50H47N/c1-34-30-35-28-29-50(40(31-34)32-35)46-16-10-8-15-44(46)45-33-38(20-27-47(45)50)36-18-23-41(24-19-36)51(42-25-21-39(22-26-42)49(2,3)4)48-17-11-9-14-43(48)37-12-6-5-7-13-37/h5-27,31,33-35H,28-30,32H2,1-4H3. The van der Waals surface area contributed by atoms with Gasteiger partial charge >= 0.3 is 0 Å². The third-order valence-electron chi connectivity index (χ3n) is 12.0. The Morgan fingerprint density at radius 2 is 1.22 bits per heavy atom. The molecular formula is C50H47N. The summed E-state index contributed by atoms with van der Waals surface area (Å²) in [6, 6.07) is 54.5. The molecule has 1 heteroatoms. The first-order chi connectivity index (χ1) is 24.8. The maximum absolute atomic E-state index is 2.63. The summed E-state index contributed by atoms with van der Waals surface area (Å²) >= 11 is 0. The van der Waals surface area contributed by atoms with Crippen LogP contribution in [0.4, 0.5) is 17.1 Å². The number of hydrogen-bond donors (Lipinski definition) is 0. The van der Waals surface area contributed by atoms with Gasteiger partial charge in [0.2, 0.25) is 0 Å². The largest absolute Gasteiger partial charge is 0.310 e. The highest BCUT2D eigenvalue weighted by Gasteiger charge is 2.49. The van der Waals surface area contributed by atoms with Crippen LogP contribution in [0, 0.1) is 11.8 Å². The number of benzene rings is 6. The van der Waals surface area contributed by atoms with Crippen LogP contribution in [0.25, 0.3) is 33.4 Å². The minimum atomic E-state index is 0.0364. The molecule has 2 bridgehead atoms. The first-order valence-corrected chi connectivity index (χ1v) is 18.9. The molecule has 1 saturated carbocycles. The number of anilines is 3. The molecule has 1 spiro atoms. The molecule has 6 aromatic carbocycles. The molecule has 9 rings (SSSR count). The molecule has 0 amide bonds. The lowest BCUT2D eigenvalue weighted by Crippen LogP contribution is -2.36. The van der Waals surface area contributed by atoms with E-state index < -0.39 is 0 Å². The predicted molar refractivity (Wildman–Crippen MR) is 216 cm³/mol. The summed E-state index contributed by atoms with van der Waals surface area (Å²) in [7, 11) is 0. The van der Waals surface area contributed by atoms with Crippen molar-refractivity contribution >= 4 is 17.1 Å². The van der Waals surface area contributed by atoms with E-state index >= 15 is 0 Å². The fourth-order valence-electron chi connectivity index (χ4n) is 9.56. The van der Waals surface area contributed by atoms with Crippen LogP contribution in [-0.4, -0.2) is 0 Å². The Bertz CT molecular complexity index is 2250. The fraction of sp³-hybridized carbons (Fsp3) is 0.240. The van der Waals surface area contributed by atoms with Gasteiger partial charge in [-0.05, 0) is 124 Å². The monoisotopic (exact) mass is 661 g/mol. The van der Waals surface area contributed by atoms with Crippen LogP contribution < -0.4 is 4.90 Å². The number of fused-ring (bicyclic) bond motifs is 8. The van der Waals surface area contributed by atoms with Crippen molar-refractivity contribution in [3.63, 3.8) is 0 Å². The highest BCUT2D eigenvalue weighted by molar-refractivity contribution is 5.90. The van der Waals surface area contributed by atoms with Gasteiger partial charge in [0.15, 0.2) is 0 Å². The van der Waals surface area contributed by atoms with Gasteiger partial charge in [0.1, 0.15) is 0 Å². The van der Waals surface area contributed by atoms with Crippen molar-refractivity contribution < 1.29 is 0 Å². The molecule has 252 valence electrons. The Balaban J connectivity index is 1.13. The molecule has 3 atom stereocenters. The van der Waals surface area contributed by atoms with Crippen LogP contribution in [0.2, 0.25) is 0 Å². The first kappa shape index (κ1) is 31.8. The Labute approximate surface area is 304 Å². The summed E-state index contributed by atoms with van der Waals surface area (Å²) in [5.74, 6) is 1.51. The van der Waals surface area contributed by atoms with Gasteiger partial charge in [0, 0.05) is 22.4 Å². The maximum Gasteiger partial charge on any atom is 0.0540 e. The van der Waals surface area contributed by atoms with Crippen molar-refractivity contribution in [3.05, 3.63) is 174 Å². The minimum Gasteiger partial charge on any atom is -0.310 e. The van der Waals surface area contributed by atoms with Gasteiger partial charge in [0.05, 0.1) is 5.69 Å².